The number of Topliss-reactive ketones (excluding diaryl/α,β-unsaturated/α-hetero) is 1. The number of hydrogen-bond acceptors (Lipinski definition) is 6. The molecule has 1 aromatic rings. The summed E-state index contributed by atoms with van der Waals surface area (Å²) in [7, 11) is 3.35. The van der Waals surface area contributed by atoms with Crippen molar-refractivity contribution in [2.24, 2.45) is 0 Å². The first-order chi connectivity index (χ1) is 9.36. The summed E-state index contributed by atoms with van der Waals surface area (Å²) in [5, 5.41) is 6.92. The molecule has 0 N–H and O–H groups in total. The van der Waals surface area contributed by atoms with Crippen LogP contribution in [0, 0.1) is 0 Å². The Morgan fingerprint density at radius 2 is 2.00 bits per heavy atom. The van der Waals surface area contributed by atoms with E-state index in [-0.39, 0.29) is 28.0 Å². The molecule has 0 saturated heterocycles. The van der Waals surface area contributed by atoms with Crippen LogP contribution in [0.15, 0.2) is 17.8 Å². The van der Waals surface area contributed by atoms with Gasteiger partial charge in [-0.05, 0) is 13.0 Å². The van der Waals surface area contributed by atoms with Gasteiger partial charge >= 0.3 is 5.97 Å². The fraction of sp³-hybridized carbons (Fsp3) is 0.333. The molecule has 108 valence electrons. The summed E-state index contributed by atoms with van der Waals surface area (Å²) < 4.78 is 4.85. The Hall–Kier alpha value is -1.66. The third kappa shape index (κ3) is 4.18. The highest BCUT2D eigenvalue weighted by Gasteiger charge is 2.24. The van der Waals surface area contributed by atoms with Crippen LogP contribution in [0.5, 0.6) is 0 Å². The summed E-state index contributed by atoms with van der Waals surface area (Å²) in [6.45, 7) is 1.80. The van der Waals surface area contributed by atoms with E-state index in [0.29, 0.717) is 0 Å². The third-order valence-electron chi connectivity index (χ3n) is 2.09. The first-order valence-corrected chi connectivity index (χ1v) is 6.41. The number of rotatable bonds is 5. The van der Waals surface area contributed by atoms with Crippen molar-refractivity contribution in [3.63, 3.8) is 0 Å². The van der Waals surface area contributed by atoms with Crippen molar-refractivity contribution in [2.45, 2.75) is 6.92 Å². The van der Waals surface area contributed by atoms with Crippen molar-refractivity contribution in [3.8, 4) is 0 Å². The summed E-state index contributed by atoms with van der Waals surface area (Å²) in [6, 6.07) is 1.25. The van der Waals surface area contributed by atoms with Crippen LogP contribution in [-0.2, 0) is 9.53 Å². The topological polar surface area (TPSA) is 72.4 Å². The summed E-state index contributed by atoms with van der Waals surface area (Å²) >= 11 is 11.5. The minimum atomic E-state index is -0.741. The van der Waals surface area contributed by atoms with Crippen LogP contribution in [0.2, 0.25) is 10.3 Å². The van der Waals surface area contributed by atoms with E-state index < -0.39 is 11.8 Å². The lowest BCUT2D eigenvalue weighted by molar-refractivity contribution is -0.138. The highest BCUT2D eigenvalue weighted by atomic mass is 35.5. The van der Waals surface area contributed by atoms with Crippen LogP contribution in [0.3, 0.4) is 0 Å². The summed E-state index contributed by atoms with van der Waals surface area (Å²) in [5.41, 5.74) is -0.171. The molecule has 0 radical (unpaired) electrons. The van der Waals surface area contributed by atoms with E-state index in [2.05, 4.69) is 10.2 Å². The molecule has 0 unspecified atom stereocenters. The number of ether oxygens (including phenoxy) is 1. The third-order valence-corrected chi connectivity index (χ3v) is 2.55. The number of carbonyl (C=O) groups is 2. The Bertz CT molecular complexity index is 559. The number of halogens is 2. The van der Waals surface area contributed by atoms with Crippen LogP contribution >= 0.6 is 23.2 Å². The Morgan fingerprint density at radius 1 is 1.35 bits per heavy atom. The lowest BCUT2D eigenvalue weighted by Crippen LogP contribution is -2.20. The van der Waals surface area contributed by atoms with Crippen LogP contribution in [0.25, 0.3) is 0 Å². The number of esters is 1. The van der Waals surface area contributed by atoms with Crippen molar-refractivity contribution in [1.82, 2.24) is 15.1 Å². The van der Waals surface area contributed by atoms with Crippen molar-refractivity contribution in [3.05, 3.63) is 33.7 Å². The monoisotopic (exact) mass is 317 g/mol. The molecule has 1 aromatic heterocycles. The van der Waals surface area contributed by atoms with Crippen LogP contribution < -0.4 is 0 Å². The van der Waals surface area contributed by atoms with Gasteiger partial charge in [-0.3, -0.25) is 4.79 Å². The first kappa shape index (κ1) is 16.4. The van der Waals surface area contributed by atoms with Crippen molar-refractivity contribution in [1.29, 1.82) is 0 Å². The summed E-state index contributed by atoms with van der Waals surface area (Å²) in [4.78, 5) is 25.8. The molecule has 20 heavy (non-hydrogen) atoms. The predicted molar refractivity (Wildman–Crippen MR) is 74.8 cm³/mol. The number of carbonyl (C=O) groups excluding carboxylic acids is 2. The van der Waals surface area contributed by atoms with Gasteiger partial charge in [-0.15, -0.1) is 10.2 Å². The molecule has 0 amide bonds. The smallest absolute Gasteiger partial charge is 0.343 e. The molecule has 0 spiro atoms. The minimum absolute atomic E-state index is 0.00538. The SMILES string of the molecule is CCOC(=O)/C(=C\N(C)C)C(=O)c1cc(Cl)nnc1Cl. The van der Waals surface area contributed by atoms with Crippen molar-refractivity contribution >= 4 is 35.0 Å². The quantitative estimate of drug-likeness (QED) is 0.272. The Balaban J connectivity index is 3.24. The van der Waals surface area contributed by atoms with E-state index in [1.165, 1.54) is 12.3 Å². The second kappa shape index (κ2) is 7.21. The first-order valence-electron chi connectivity index (χ1n) is 5.65. The maximum atomic E-state index is 12.4. The summed E-state index contributed by atoms with van der Waals surface area (Å²) in [6.07, 6.45) is 1.35. The van der Waals surface area contributed by atoms with Crippen LogP contribution in [0.1, 0.15) is 17.3 Å². The molecule has 6 nitrogen and oxygen atoms in total. The largest absolute Gasteiger partial charge is 0.462 e. The fourth-order valence-electron chi connectivity index (χ4n) is 1.33. The van der Waals surface area contributed by atoms with Gasteiger partial charge in [0.1, 0.15) is 5.57 Å². The van der Waals surface area contributed by atoms with Gasteiger partial charge < -0.3 is 9.64 Å². The van der Waals surface area contributed by atoms with Gasteiger partial charge in [-0.2, -0.15) is 0 Å². The van der Waals surface area contributed by atoms with E-state index in [9.17, 15) is 9.59 Å². The molecule has 0 aliphatic carbocycles. The maximum absolute atomic E-state index is 12.4. The zero-order valence-corrected chi connectivity index (χ0v) is 12.7. The number of nitrogens with zero attached hydrogens (tertiary/aromatic N) is 3. The molecule has 1 heterocycles. The lowest BCUT2D eigenvalue weighted by atomic mass is 10.1. The molecule has 0 aliphatic rings. The van der Waals surface area contributed by atoms with Gasteiger partial charge in [-0.1, -0.05) is 23.2 Å². The van der Waals surface area contributed by atoms with Gasteiger partial charge in [0, 0.05) is 20.3 Å². The number of hydrogen-bond donors (Lipinski definition) is 0. The molecule has 0 atom stereocenters. The second-order valence-corrected chi connectivity index (χ2v) is 4.67. The van der Waals surface area contributed by atoms with E-state index in [1.54, 1.807) is 25.9 Å². The predicted octanol–water partition coefficient (Wildman–Crippen LogP) is 1.97. The van der Waals surface area contributed by atoms with E-state index in [0.717, 1.165) is 0 Å². The average Bonchev–Trinajstić information content (AvgIpc) is 2.38. The van der Waals surface area contributed by atoms with Gasteiger partial charge in [0.05, 0.1) is 12.2 Å². The molecule has 0 bridgehead atoms. The van der Waals surface area contributed by atoms with E-state index >= 15 is 0 Å². The Morgan fingerprint density at radius 3 is 2.55 bits per heavy atom. The van der Waals surface area contributed by atoms with Crippen LogP contribution in [0.4, 0.5) is 0 Å². The van der Waals surface area contributed by atoms with E-state index in [4.69, 9.17) is 27.9 Å². The maximum Gasteiger partial charge on any atom is 0.343 e. The molecule has 0 aliphatic heterocycles. The average molecular weight is 318 g/mol. The van der Waals surface area contributed by atoms with Crippen molar-refractivity contribution < 1.29 is 14.3 Å². The minimum Gasteiger partial charge on any atom is -0.462 e. The molecule has 0 fully saturated rings. The van der Waals surface area contributed by atoms with Gasteiger partial charge in [0.25, 0.3) is 0 Å². The molecule has 0 aromatic carbocycles. The standard InChI is InChI=1S/C12H13Cl2N3O3/c1-4-20-12(19)8(6-17(2)3)10(18)7-5-9(13)15-16-11(7)14/h5-6H,4H2,1-3H3/b8-6-. The second-order valence-electron chi connectivity index (χ2n) is 3.93. The highest BCUT2D eigenvalue weighted by molar-refractivity contribution is 6.37. The molecular formula is C12H13Cl2N3O3. The molecular weight excluding hydrogens is 305 g/mol. The van der Waals surface area contributed by atoms with Gasteiger partial charge in [-0.25, -0.2) is 4.79 Å². The van der Waals surface area contributed by atoms with Crippen molar-refractivity contribution in [2.75, 3.05) is 20.7 Å². The highest BCUT2D eigenvalue weighted by Crippen LogP contribution is 2.20. The van der Waals surface area contributed by atoms with Gasteiger partial charge in [0.15, 0.2) is 10.3 Å². The molecule has 0 saturated carbocycles. The normalized spacial score (nSPS) is 11.2. The molecule has 1 rings (SSSR count). The zero-order chi connectivity index (χ0) is 15.3. The zero-order valence-electron chi connectivity index (χ0n) is 11.2. The Labute approximate surface area is 126 Å². The summed E-state index contributed by atoms with van der Waals surface area (Å²) in [5.74, 6) is -1.37. The fourth-order valence-corrected chi connectivity index (χ4v) is 1.65. The molecule has 8 heteroatoms. The van der Waals surface area contributed by atoms with Crippen LogP contribution in [-0.4, -0.2) is 47.6 Å². The van der Waals surface area contributed by atoms with E-state index in [1.807, 2.05) is 0 Å². The lowest BCUT2D eigenvalue weighted by Gasteiger charge is -2.11. The number of ketones is 1. The van der Waals surface area contributed by atoms with Gasteiger partial charge in [0.2, 0.25) is 5.78 Å². The number of aromatic nitrogens is 2. The Kier molecular flexibility index (Phi) is 5.91.